The van der Waals surface area contributed by atoms with E-state index in [1.165, 1.54) is 0 Å². The Morgan fingerprint density at radius 3 is 2.65 bits per heavy atom. The van der Waals surface area contributed by atoms with Crippen LogP contribution in [0.25, 0.3) is 0 Å². The molecule has 0 aromatic heterocycles. The summed E-state index contributed by atoms with van der Waals surface area (Å²) < 4.78 is 15.4. The van der Waals surface area contributed by atoms with E-state index in [2.05, 4.69) is 5.32 Å². The molecule has 0 heterocycles. The number of hydrogen-bond acceptors (Lipinski definition) is 4. The Morgan fingerprint density at radius 2 is 1.90 bits per heavy atom. The Morgan fingerprint density at radius 1 is 1.10 bits per heavy atom. The van der Waals surface area contributed by atoms with Crippen LogP contribution in [0.1, 0.15) is 12.0 Å². The van der Waals surface area contributed by atoms with Crippen molar-refractivity contribution >= 4 is 5.91 Å². The van der Waals surface area contributed by atoms with Gasteiger partial charge in [0.25, 0.3) is 0 Å². The Hall–Kier alpha value is -1.43. The molecule has 1 amide bonds. The molecule has 0 unspecified atom stereocenters. The van der Waals surface area contributed by atoms with E-state index in [1.807, 2.05) is 30.3 Å². The van der Waals surface area contributed by atoms with Crippen LogP contribution in [0.4, 0.5) is 0 Å². The van der Waals surface area contributed by atoms with E-state index in [0.717, 1.165) is 12.0 Å². The maximum atomic E-state index is 11.3. The second kappa shape index (κ2) is 11.4. The van der Waals surface area contributed by atoms with Gasteiger partial charge in [-0.25, -0.2) is 0 Å². The van der Waals surface area contributed by atoms with Crippen LogP contribution in [0.15, 0.2) is 30.3 Å². The zero-order valence-corrected chi connectivity index (χ0v) is 12.0. The first-order valence-electron chi connectivity index (χ1n) is 6.78. The topological polar surface area (TPSA) is 56.8 Å². The first-order valence-corrected chi connectivity index (χ1v) is 6.78. The molecule has 5 nitrogen and oxygen atoms in total. The smallest absolute Gasteiger partial charge is 0.246 e. The van der Waals surface area contributed by atoms with Crippen LogP contribution in [0, 0.1) is 0 Å². The third-order valence-electron chi connectivity index (χ3n) is 2.56. The standard InChI is InChI=1S/C15H23NO4/c1-18-10-11-20-13-15(17)16-8-5-9-19-12-14-6-3-2-4-7-14/h2-4,6-7H,5,8-13H2,1H3,(H,16,17). The van der Waals surface area contributed by atoms with Crippen molar-refractivity contribution in [3.63, 3.8) is 0 Å². The highest BCUT2D eigenvalue weighted by Gasteiger charge is 2.00. The second-order valence-electron chi connectivity index (χ2n) is 4.29. The van der Waals surface area contributed by atoms with Crippen LogP contribution in [0.3, 0.4) is 0 Å². The molecule has 1 N–H and O–H groups in total. The predicted molar refractivity (Wildman–Crippen MR) is 76.4 cm³/mol. The molecule has 0 saturated heterocycles. The summed E-state index contributed by atoms with van der Waals surface area (Å²) in [4.78, 5) is 11.3. The van der Waals surface area contributed by atoms with Gasteiger partial charge in [-0.3, -0.25) is 4.79 Å². The highest BCUT2D eigenvalue weighted by Crippen LogP contribution is 2.00. The number of ether oxygens (including phenoxy) is 3. The van der Waals surface area contributed by atoms with Crippen molar-refractivity contribution in [2.45, 2.75) is 13.0 Å². The van der Waals surface area contributed by atoms with Gasteiger partial charge in [-0.05, 0) is 12.0 Å². The minimum absolute atomic E-state index is 0.0776. The van der Waals surface area contributed by atoms with Gasteiger partial charge in [-0.15, -0.1) is 0 Å². The summed E-state index contributed by atoms with van der Waals surface area (Å²) in [5.41, 5.74) is 1.16. The van der Waals surface area contributed by atoms with E-state index >= 15 is 0 Å². The fourth-order valence-electron chi connectivity index (χ4n) is 1.52. The average molecular weight is 281 g/mol. The molecule has 0 spiro atoms. The summed E-state index contributed by atoms with van der Waals surface area (Å²) in [5, 5.41) is 2.77. The van der Waals surface area contributed by atoms with Gasteiger partial charge in [0, 0.05) is 20.3 Å². The molecule has 0 atom stereocenters. The lowest BCUT2D eigenvalue weighted by molar-refractivity contribution is -0.126. The van der Waals surface area contributed by atoms with Gasteiger partial charge in [-0.1, -0.05) is 30.3 Å². The van der Waals surface area contributed by atoms with Crippen LogP contribution in [0.5, 0.6) is 0 Å². The summed E-state index contributed by atoms with van der Waals surface area (Å²) in [5.74, 6) is -0.107. The number of hydrogen-bond donors (Lipinski definition) is 1. The largest absolute Gasteiger partial charge is 0.382 e. The number of amides is 1. The first-order chi connectivity index (χ1) is 9.83. The molecule has 0 aliphatic rings. The lowest BCUT2D eigenvalue weighted by Gasteiger charge is -2.07. The Kier molecular flexibility index (Phi) is 9.48. The lowest BCUT2D eigenvalue weighted by Crippen LogP contribution is -2.29. The molecule has 0 aliphatic carbocycles. The van der Waals surface area contributed by atoms with Crippen molar-refractivity contribution in [2.24, 2.45) is 0 Å². The van der Waals surface area contributed by atoms with Crippen LogP contribution in [0.2, 0.25) is 0 Å². The van der Waals surface area contributed by atoms with Crippen LogP contribution < -0.4 is 5.32 Å². The molecule has 0 fully saturated rings. The summed E-state index contributed by atoms with van der Waals surface area (Å²) in [6.45, 7) is 2.84. The van der Waals surface area contributed by atoms with E-state index in [1.54, 1.807) is 7.11 Å². The molecule has 5 heteroatoms. The van der Waals surface area contributed by atoms with Crippen molar-refractivity contribution < 1.29 is 19.0 Å². The number of carbonyl (C=O) groups is 1. The SMILES string of the molecule is COCCOCC(=O)NCCCOCc1ccccc1. The molecular weight excluding hydrogens is 258 g/mol. The first kappa shape index (κ1) is 16.6. The zero-order valence-electron chi connectivity index (χ0n) is 12.0. The second-order valence-corrected chi connectivity index (χ2v) is 4.29. The number of benzene rings is 1. The Bertz CT molecular complexity index is 356. The van der Waals surface area contributed by atoms with E-state index in [9.17, 15) is 4.79 Å². The van der Waals surface area contributed by atoms with Crippen LogP contribution in [-0.2, 0) is 25.6 Å². The van der Waals surface area contributed by atoms with E-state index < -0.39 is 0 Å². The van der Waals surface area contributed by atoms with Gasteiger partial charge in [0.2, 0.25) is 5.91 Å². The van der Waals surface area contributed by atoms with Crippen LogP contribution >= 0.6 is 0 Å². The van der Waals surface area contributed by atoms with Gasteiger partial charge in [0.05, 0.1) is 19.8 Å². The van der Waals surface area contributed by atoms with Gasteiger partial charge < -0.3 is 19.5 Å². The summed E-state index contributed by atoms with van der Waals surface area (Å²) in [7, 11) is 1.60. The Balaban J connectivity index is 1.90. The van der Waals surface area contributed by atoms with E-state index in [-0.39, 0.29) is 12.5 Å². The highest BCUT2D eigenvalue weighted by molar-refractivity contribution is 5.77. The minimum atomic E-state index is -0.107. The fraction of sp³-hybridized carbons (Fsp3) is 0.533. The summed E-state index contributed by atoms with van der Waals surface area (Å²) in [6.07, 6.45) is 0.788. The molecule has 1 aromatic carbocycles. The van der Waals surface area contributed by atoms with Crippen molar-refractivity contribution in [2.75, 3.05) is 40.1 Å². The molecule has 0 aliphatic heterocycles. The van der Waals surface area contributed by atoms with Crippen molar-refractivity contribution in [1.82, 2.24) is 5.32 Å². The molecule has 1 rings (SSSR count). The summed E-state index contributed by atoms with van der Waals surface area (Å²) >= 11 is 0. The maximum absolute atomic E-state index is 11.3. The van der Waals surface area contributed by atoms with Gasteiger partial charge in [0.15, 0.2) is 0 Å². The number of methoxy groups -OCH3 is 1. The average Bonchev–Trinajstić information content (AvgIpc) is 2.48. The number of rotatable bonds is 11. The van der Waals surface area contributed by atoms with E-state index in [4.69, 9.17) is 14.2 Å². The lowest BCUT2D eigenvalue weighted by atomic mass is 10.2. The van der Waals surface area contributed by atoms with Crippen molar-refractivity contribution in [3.05, 3.63) is 35.9 Å². The quantitative estimate of drug-likeness (QED) is 0.622. The van der Waals surface area contributed by atoms with Gasteiger partial charge in [-0.2, -0.15) is 0 Å². The predicted octanol–water partition coefficient (Wildman–Crippen LogP) is 1.37. The molecule has 0 bridgehead atoms. The van der Waals surface area contributed by atoms with Crippen LogP contribution in [-0.4, -0.2) is 46.0 Å². The molecule has 20 heavy (non-hydrogen) atoms. The zero-order chi connectivity index (χ0) is 14.5. The molecule has 1 aromatic rings. The van der Waals surface area contributed by atoms with Crippen molar-refractivity contribution in [3.8, 4) is 0 Å². The van der Waals surface area contributed by atoms with Gasteiger partial charge >= 0.3 is 0 Å². The number of carbonyl (C=O) groups excluding carboxylic acids is 1. The molecular formula is C15H23NO4. The third-order valence-corrected chi connectivity index (χ3v) is 2.56. The fourth-order valence-corrected chi connectivity index (χ4v) is 1.52. The highest BCUT2D eigenvalue weighted by atomic mass is 16.5. The van der Waals surface area contributed by atoms with Gasteiger partial charge in [0.1, 0.15) is 6.61 Å². The molecule has 112 valence electrons. The normalized spacial score (nSPS) is 10.4. The van der Waals surface area contributed by atoms with Crippen molar-refractivity contribution in [1.29, 1.82) is 0 Å². The molecule has 0 radical (unpaired) electrons. The maximum Gasteiger partial charge on any atom is 0.246 e. The molecule has 0 saturated carbocycles. The Labute approximate surface area is 120 Å². The number of nitrogens with one attached hydrogen (secondary N) is 1. The minimum Gasteiger partial charge on any atom is -0.382 e. The monoisotopic (exact) mass is 281 g/mol. The summed E-state index contributed by atoms with van der Waals surface area (Å²) in [6, 6.07) is 10.0. The third kappa shape index (κ3) is 8.63. The van der Waals surface area contributed by atoms with E-state index in [0.29, 0.717) is 33.0 Å².